The van der Waals surface area contributed by atoms with E-state index >= 15 is 0 Å². The molecule has 0 unspecified atom stereocenters. The number of benzene rings is 2. The predicted octanol–water partition coefficient (Wildman–Crippen LogP) is 3.56. The standard InChI is InChI=1S/C12H7F2O/c13-11-7-6-10(8-12(11)14)15-9-4-2-1-3-5-9/h1-4,6-8H. The van der Waals surface area contributed by atoms with Gasteiger partial charge < -0.3 is 4.74 Å². The van der Waals surface area contributed by atoms with E-state index in [0.717, 1.165) is 12.1 Å². The summed E-state index contributed by atoms with van der Waals surface area (Å²) in [5, 5.41) is 0. The zero-order valence-corrected chi connectivity index (χ0v) is 7.71. The average Bonchev–Trinajstić information content (AvgIpc) is 2.25. The summed E-state index contributed by atoms with van der Waals surface area (Å²) in [6, 6.07) is 13.1. The molecule has 0 aliphatic heterocycles. The number of hydrogen-bond acceptors (Lipinski definition) is 1. The minimum Gasteiger partial charge on any atom is -0.457 e. The normalized spacial score (nSPS) is 10.0. The van der Waals surface area contributed by atoms with Crippen LogP contribution in [0.1, 0.15) is 0 Å². The molecule has 75 valence electrons. The summed E-state index contributed by atoms with van der Waals surface area (Å²) in [7, 11) is 0. The Morgan fingerprint density at radius 1 is 1.00 bits per heavy atom. The van der Waals surface area contributed by atoms with Crippen LogP contribution in [0.25, 0.3) is 0 Å². The molecule has 1 radical (unpaired) electrons. The van der Waals surface area contributed by atoms with E-state index in [9.17, 15) is 8.78 Å². The Balaban J connectivity index is 2.22. The van der Waals surface area contributed by atoms with Crippen LogP contribution >= 0.6 is 0 Å². The molecule has 0 amide bonds. The van der Waals surface area contributed by atoms with Gasteiger partial charge in [-0.2, -0.15) is 0 Å². The summed E-state index contributed by atoms with van der Waals surface area (Å²) in [5.74, 6) is -1.11. The summed E-state index contributed by atoms with van der Waals surface area (Å²) in [6.07, 6.45) is 0. The van der Waals surface area contributed by atoms with Crippen molar-refractivity contribution in [3.05, 3.63) is 60.2 Å². The van der Waals surface area contributed by atoms with Crippen molar-refractivity contribution in [2.24, 2.45) is 0 Å². The number of para-hydroxylation sites is 1. The topological polar surface area (TPSA) is 9.23 Å². The summed E-state index contributed by atoms with van der Waals surface area (Å²) < 4.78 is 30.7. The Kier molecular flexibility index (Phi) is 2.63. The maximum absolute atomic E-state index is 12.8. The van der Waals surface area contributed by atoms with Gasteiger partial charge in [-0.1, -0.05) is 18.2 Å². The Labute approximate surface area is 85.9 Å². The van der Waals surface area contributed by atoms with E-state index in [1.807, 2.05) is 0 Å². The Morgan fingerprint density at radius 3 is 2.53 bits per heavy atom. The first-order valence-electron chi connectivity index (χ1n) is 4.35. The van der Waals surface area contributed by atoms with Gasteiger partial charge in [0.15, 0.2) is 11.6 Å². The van der Waals surface area contributed by atoms with Crippen molar-refractivity contribution in [3.63, 3.8) is 0 Å². The van der Waals surface area contributed by atoms with Crippen LogP contribution in [0.2, 0.25) is 0 Å². The fraction of sp³-hybridized carbons (Fsp3) is 0. The van der Waals surface area contributed by atoms with Gasteiger partial charge >= 0.3 is 0 Å². The first-order valence-corrected chi connectivity index (χ1v) is 4.35. The summed E-state index contributed by atoms with van der Waals surface area (Å²) >= 11 is 0. The quantitative estimate of drug-likeness (QED) is 0.728. The molecule has 0 bridgehead atoms. The molecule has 3 heteroatoms. The van der Waals surface area contributed by atoms with E-state index in [0.29, 0.717) is 5.75 Å². The molecule has 2 rings (SSSR count). The van der Waals surface area contributed by atoms with E-state index in [1.54, 1.807) is 24.3 Å². The van der Waals surface area contributed by atoms with Crippen molar-refractivity contribution in [2.75, 3.05) is 0 Å². The third kappa shape index (κ3) is 2.31. The second kappa shape index (κ2) is 4.09. The molecule has 0 N–H and O–H groups in total. The monoisotopic (exact) mass is 205 g/mol. The molecule has 0 fully saturated rings. The van der Waals surface area contributed by atoms with Crippen LogP contribution in [0.15, 0.2) is 42.5 Å². The second-order valence-corrected chi connectivity index (χ2v) is 2.90. The van der Waals surface area contributed by atoms with Crippen molar-refractivity contribution < 1.29 is 13.5 Å². The predicted molar refractivity (Wildman–Crippen MR) is 51.7 cm³/mol. The molecule has 0 heterocycles. The molecule has 2 aromatic carbocycles. The number of halogens is 2. The molecule has 2 aromatic rings. The second-order valence-electron chi connectivity index (χ2n) is 2.90. The maximum atomic E-state index is 12.8. The minimum atomic E-state index is -0.927. The highest BCUT2D eigenvalue weighted by molar-refractivity contribution is 5.30. The highest BCUT2D eigenvalue weighted by atomic mass is 19.2. The molecule has 0 aliphatic carbocycles. The van der Waals surface area contributed by atoms with Crippen LogP contribution in [0.3, 0.4) is 0 Å². The van der Waals surface area contributed by atoms with Gasteiger partial charge in [0, 0.05) is 12.1 Å². The molecule has 0 atom stereocenters. The van der Waals surface area contributed by atoms with E-state index < -0.39 is 11.6 Å². The molecule has 0 aromatic heterocycles. The molecule has 0 spiro atoms. The third-order valence-corrected chi connectivity index (χ3v) is 1.80. The lowest BCUT2D eigenvalue weighted by atomic mass is 10.3. The van der Waals surface area contributed by atoms with Gasteiger partial charge in [-0.3, -0.25) is 0 Å². The lowest BCUT2D eigenvalue weighted by Gasteiger charge is -2.04. The van der Waals surface area contributed by atoms with Gasteiger partial charge in [-0.15, -0.1) is 0 Å². The van der Waals surface area contributed by atoms with Gasteiger partial charge in [-0.25, -0.2) is 8.78 Å². The number of rotatable bonds is 2. The van der Waals surface area contributed by atoms with Crippen LogP contribution in [-0.4, -0.2) is 0 Å². The van der Waals surface area contributed by atoms with Crippen LogP contribution in [-0.2, 0) is 0 Å². The maximum Gasteiger partial charge on any atom is 0.162 e. The zero-order valence-electron chi connectivity index (χ0n) is 7.71. The van der Waals surface area contributed by atoms with Crippen LogP contribution in [0.4, 0.5) is 8.78 Å². The fourth-order valence-corrected chi connectivity index (χ4v) is 1.11. The first-order chi connectivity index (χ1) is 7.25. The molecular weight excluding hydrogens is 198 g/mol. The van der Waals surface area contributed by atoms with Crippen LogP contribution < -0.4 is 4.74 Å². The van der Waals surface area contributed by atoms with Crippen LogP contribution in [0.5, 0.6) is 11.5 Å². The molecule has 1 nitrogen and oxygen atoms in total. The Hall–Kier alpha value is -1.90. The van der Waals surface area contributed by atoms with Crippen molar-refractivity contribution in [2.45, 2.75) is 0 Å². The fourth-order valence-electron chi connectivity index (χ4n) is 1.11. The van der Waals surface area contributed by atoms with Crippen molar-refractivity contribution in [1.82, 2.24) is 0 Å². The van der Waals surface area contributed by atoms with Gasteiger partial charge in [0.05, 0.1) is 0 Å². The SMILES string of the molecule is Fc1ccc(Oc2[c]cccc2)cc1F. The van der Waals surface area contributed by atoms with Gasteiger partial charge in [0.2, 0.25) is 0 Å². The van der Waals surface area contributed by atoms with Crippen molar-refractivity contribution in [1.29, 1.82) is 0 Å². The van der Waals surface area contributed by atoms with Gasteiger partial charge in [-0.05, 0) is 18.2 Å². The van der Waals surface area contributed by atoms with Crippen molar-refractivity contribution >= 4 is 0 Å². The van der Waals surface area contributed by atoms with E-state index in [2.05, 4.69) is 6.07 Å². The average molecular weight is 205 g/mol. The number of hydrogen-bond donors (Lipinski definition) is 0. The zero-order chi connectivity index (χ0) is 10.7. The Bertz CT molecular complexity index is 454. The summed E-state index contributed by atoms with van der Waals surface area (Å²) in [6.45, 7) is 0. The van der Waals surface area contributed by atoms with Gasteiger partial charge in [0.25, 0.3) is 0 Å². The molecule has 0 aliphatic rings. The Morgan fingerprint density at radius 2 is 1.87 bits per heavy atom. The molecular formula is C12H7F2O. The molecule has 0 saturated heterocycles. The van der Waals surface area contributed by atoms with E-state index in [1.165, 1.54) is 6.07 Å². The lowest BCUT2D eigenvalue weighted by molar-refractivity contribution is 0.461. The van der Waals surface area contributed by atoms with Crippen molar-refractivity contribution in [3.8, 4) is 11.5 Å². The highest BCUT2D eigenvalue weighted by Crippen LogP contribution is 2.22. The first kappa shape index (κ1) is 9.65. The lowest BCUT2D eigenvalue weighted by Crippen LogP contribution is -1.87. The molecule has 15 heavy (non-hydrogen) atoms. The minimum absolute atomic E-state index is 0.247. The number of ether oxygens (including phenoxy) is 1. The van der Waals surface area contributed by atoms with E-state index in [4.69, 9.17) is 4.74 Å². The smallest absolute Gasteiger partial charge is 0.162 e. The third-order valence-electron chi connectivity index (χ3n) is 1.80. The largest absolute Gasteiger partial charge is 0.457 e. The van der Waals surface area contributed by atoms with Gasteiger partial charge in [0.1, 0.15) is 11.5 Å². The highest BCUT2D eigenvalue weighted by Gasteiger charge is 2.03. The summed E-state index contributed by atoms with van der Waals surface area (Å²) in [5.41, 5.74) is 0. The molecule has 0 saturated carbocycles. The van der Waals surface area contributed by atoms with E-state index in [-0.39, 0.29) is 5.75 Å². The summed E-state index contributed by atoms with van der Waals surface area (Å²) in [4.78, 5) is 0. The van der Waals surface area contributed by atoms with Crippen LogP contribution in [0, 0.1) is 17.7 Å².